The van der Waals surface area contributed by atoms with Gasteiger partial charge in [0, 0.05) is 6.07 Å². The highest BCUT2D eigenvalue weighted by Gasteiger charge is 2.08. The van der Waals surface area contributed by atoms with Crippen LogP contribution >= 0.6 is 23.2 Å². The van der Waals surface area contributed by atoms with Gasteiger partial charge in [0.2, 0.25) is 0 Å². The Hall–Kier alpha value is -1.76. The Morgan fingerprint density at radius 3 is 2.67 bits per heavy atom. The maximum Gasteiger partial charge on any atom is 0.147 e. The third-order valence-electron chi connectivity index (χ3n) is 2.14. The van der Waals surface area contributed by atoms with E-state index in [1.807, 2.05) is 6.07 Å². The molecule has 90 valence electrons. The smallest absolute Gasteiger partial charge is 0.147 e. The fourth-order valence-electron chi connectivity index (χ4n) is 1.38. The SMILES string of the molecule is N#Cc1cc(F)cc(Oc2cccc(Cl)c2Cl)c1. The molecule has 5 heteroatoms. The third kappa shape index (κ3) is 2.73. The van der Waals surface area contributed by atoms with E-state index in [1.54, 1.807) is 18.2 Å². The van der Waals surface area contributed by atoms with E-state index in [-0.39, 0.29) is 16.3 Å². The van der Waals surface area contributed by atoms with E-state index < -0.39 is 5.82 Å². The molecule has 0 N–H and O–H groups in total. The van der Waals surface area contributed by atoms with Crippen LogP contribution < -0.4 is 4.74 Å². The molecule has 0 fully saturated rings. The van der Waals surface area contributed by atoms with Crippen molar-refractivity contribution in [2.24, 2.45) is 0 Å². The first-order chi connectivity index (χ1) is 8.60. The molecule has 0 unspecified atom stereocenters. The van der Waals surface area contributed by atoms with Crippen LogP contribution in [0.15, 0.2) is 36.4 Å². The summed E-state index contributed by atoms with van der Waals surface area (Å²) in [7, 11) is 0. The molecule has 0 aliphatic heterocycles. The number of nitriles is 1. The molecule has 0 heterocycles. The predicted molar refractivity (Wildman–Crippen MR) is 67.7 cm³/mol. The van der Waals surface area contributed by atoms with Crippen molar-refractivity contribution in [3.63, 3.8) is 0 Å². The van der Waals surface area contributed by atoms with Crippen molar-refractivity contribution in [1.29, 1.82) is 5.26 Å². The summed E-state index contributed by atoms with van der Waals surface area (Å²) in [6.45, 7) is 0. The van der Waals surface area contributed by atoms with Gasteiger partial charge in [-0.15, -0.1) is 0 Å². The van der Waals surface area contributed by atoms with Gasteiger partial charge in [0.15, 0.2) is 0 Å². The van der Waals surface area contributed by atoms with Crippen LogP contribution in [0.25, 0.3) is 0 Å². The van der Waals surface area contributed by atoms with E-state index in [4.69, 9.17) is 33.2 Å². The van der Waals surface area contributed by atoms with Crippen LogP contribution in [0, 0.1) is 17.1 Å². The van der Waals surface area contributed by atoms with Gasteiger partial charge in [-0.05, 0) is 24.3 Å². The standard InChI is InChI=1S/C13H6Cl2FNO/c14-11-2-1-3-12(13(11)15)18-10-5-8(7-17)4-9(16)6-10/h1-6H. The van der Waals surface area contributed by atoms with Gasteiger partial charge in [-0.1, -0.05) is 29.3 Å². The quantitative estimate of drug-likeness (QED) is 0.792. The van der Waals surface area contributed by atoms with Crippen LogP contribution in [-0.4, -0.2) is 0 Å². The van der Waals surface area contributed by atoms with Gasteiger partial charge in [0.05, 0.1) is 16.7 Å². The number of hydrogen-bond donors (Lipinski definition) is 0. The Morgan fingerprint density at radius 2 is 1.94 bits per heavy atom. The number of nitrogens with zero attached hydrogens (tertiary/aromatic N) is 1. The molecule has 0 atom stereocenters. The minimum absolute atomic E-state index is 0.170. The first-order valence-corrected chi connectivity index (χ1v) is 5.68. The van der Waals surface area contributed by atoms with Crippen molar-refractivity contribution in [3.05, 3.63) is 57.8 Å². The molecular formula is C13H6Cl2FNO. The summed E-state index contributed by atoms with van der Waals surface area (Å²) in [5, 5.41) is 9.31. The molecule has 2 aromatic carbocycles. The van der Waals surface area contributed by atoms with Gasteiger partial charge >= 0.3 is 0 Å². The lowest BCUT2D eigenvalue weighted by atomic mass is 10.2. The summed E-state index contributed by atoms with van der Waals surface area (Å²) < 4.78 is 18.6. The van der Waals surface area contributed by atoms with Gasteiger partial charge in [-0.2, -0.15) is 5.26 Å². The molecular weight excluding hydrogens is 276 g/mol. The monoisotopic (exact) mass is 281 g/mol. The molecule has 2 nitrogen and oxygen atoms in total. The van der Waals surface area contributed by atoms with Crippen molar-refractivity contribution in [1.82, 2.24) is 0 Å². The second kappa shape index (κ2) is 5.26. The fourth-order valence-corrected chi connectivity index (χ4v) is 1.71. The Morgan fingerprint density at radius 1 is 1.17 bits per heavy atom. The molecule has 0 amide bonds. The fraction of sp³-hybridized carbons (Fsp3) is 0. The zero-order chi connectivity index (χ0) is 13.1. The molecule has 2 rings (SSSR count). The van der Waals surface area contributed by atoms with E-state index in [0.717, 1.165) is 12.1 Å². The van der Waals surface area contributed by atoms with Crippen LogP contribution in [-0.2, 0) is 0 Å². The lowest BCUT2D eigenvalue weighted by molar-refractivity contribution is 0.477. The van der Waals surface area contributed by atoms with Crippen molar-refractivity contribution in [2.45, 2.75) is 0 Å². The third-order valence-corrected chi connectivity index (χ3v) is 2.95. The second-order valence-corrected chi connectivity index (χ2v) is 4.23. The number of hydrogen-bond acceptors (Lipinski definition) is 2. The van der Waals surface area contributed by atoms with Crippen LogP contribution in [0.1, 0.15) is 5.56 Å². The molecule has 0 aliphatic rings. The zero-order valence-electron chi connectivity index (χ0n) is 8.95. The van der Waals surface area contributed by atoms with E-state index in [0.29, 0.717) is 10.8 Å². The first kappa shape index (κ1) is 12.7. The lowest BCUT2D eigenvalue weighted by Crippen LogP contribution is -1.88. The average Bonchev–Trinajstić information content (AvgIpc) is 2.34. The van der Waals surface area contributed by atoms with Crippen LogP contribution in [0.2, 0.25) is 10.0 Å². The minimum atomic E-state index is -0.554. The molecule has 0 bridgehead atoms. The largest absolute Gasteiger partial charge is 0.456 e. The number of ether oxygens (including phenoxy) is 1. The Labute approximate surface area is 113 Å². The molecule has 0 aromatic heterocycles. The Bertz CT molecular complexity index is 637. The van der Waals surface area contributed by atoms with E-state index >= 15 is 0 Å². The number of rotatable bonds is 2. The molecule has 0 radical (unpaired) electrons. The van der Waals surface area contributed by atoms with Gasteiger partial charge in [0.25, 0.3) is 0 Å². The number of benzene rings is 2. The van der Waals surface area contributed by atoms with Crippen LogP contribution in [0.4, 0.5) is 4.39 Å². The summed E-state index contributed by atoms with van der Waals surface area (Å²) in [6, 6.07) is 10.4. The van der Waals surface area contributed by atoms with Crippen molar-refractivity contribution >= 4 is 23.2 Å². The summed E-state index contributed by atoms with van der Waals surface area (Å²) >= 11 is 11.8. The highest BCUT2D eigenvalue weighted by atomic mass is 35.5. The molecule has 0 aliphatic carbocycles. The maximum atomic E-state index is 13.2. The molecule has 2 aromatic rings. The lowest BCUT2D eigenvalue weighted by Gasteiger charge is -2.08. The zero-order valence-corrected chi connectivity index (χ0v) is 10.5. The van der Waals surface area contributed by atoms with Gasteiger partial charge in [0.1, 0.15) is 22.3 Å². The normalized spacial score (nSPS) is 9.89. The van der Waals surface area contributed by atoms with Crippen molar-refractivity contribution in [2.75, 3.05) is 0 Å². The van der Waals surface area contributed by atoms with Gasteiger partial charge < -0.3 is 4.74 Å². The molecule has 0 saturated heterocycles. The van der Waals surface area contributed by atoms with E-state index in [1.165, 1.54) is 6.07 Å². The van der Waals surface area contributed by atoms with Gasteiger partial charge in [-0.25, -0.2) is 4.39 Å². The first-order valence-electron chi connectivity index (χ1n) is 4.92. The summed E-state index contributed by atoms with van der Waals surface area (Å²) in [4.78, 5) is 0. The predicted octanol–water partition coefficient (Wildman–Crippen LogP) is 4.80. The Kier molecular flexibility index (Phi) is 3.71. The molecule has 0 spiro atoms. The van der Waals surface area contributed by atoms with Crippen LogP contribution in [0.5, 0.6) is 11.5 Å². The van der Waals surface area contributed by atoms with E-state index in [9.17, 15) is 4.39 Å². The second-order valence-electron chi connectivity index (χ2n) is 3.44. The maximum absolute atomic E-state index is 13.2. The summed E-state index contributed by atoms with van der Waals surface area (Å²) in [5.74, 6) is -0.0587. The summed E-state index contributed by atoms with van der Waals surface area (Å²) in [6.07, 6.45) is 0. The van der Waals surface area contributed by atoms with Crippen molar-refractivity contribution < 1.29 is 9.13 Å². The van der Waals surface area contributed by atoms with Crippen LogP contribution in [0.3, 0.4) is 0 Å². The van der Waals surface area contributed by atoms with Crippen molar-refractivity contribution in [3.8, 4) is 17.6 Å². The van der Waals surface area contributed by atoms with E-state index in [2.05, 4.69) is 0 Å². The molecule has 0 saturated carbocycles. The highest BCUT2D eigenvalue weighted by molar-refractivity contribution is 6.42. The Balaban J connectivity index is 2.37. The average molecular weight is 282 g/mol. The topological polar surface area (TPSA) is 33.0 Å². The molecule has 18 heavy (non-hydrogen) atoms. The summed E-state index contributed by atoms with van der Waals surface area (Å²) in [5.41, 5.74) is 0.170. The highest BCUT2D eigenvalue weighted by Crippen LogP contribution is 2.34. The van der Waals surface area contributed by atoms with Gasteiger partial charge in [-0.3, -0.25) is 0 Å². The number of halogens is 3. The minimum Gasteiger partial charge on any atom is -0.456 e.